The quantitative estimate of drug-likeness (QED) is 0.761. The van der Waals surface area contributed by atoms with Gasteiger partial charge in [-0.3, -0.25) is 19.4 Å². The molecule has 0 spiro atoms. The van der Waals surface area contributed by atoms with Crippen LogP contribution in [0.25, 0.3) is 0 Å². The molecule has 2 amide bonds. The number of para-hydroxylation sites is 1. The molecule has 0 bridgehead atoms. The second-order valence-corrected chi connectivity index (χ2v) is 7.79. The van der Waals surface area contributed by atoms with Gasteiger partial charge in [0.15, 0.2) is 0 Å². The number of nitrogens with one attached hydrogen (secondary N) is 2. The first-order valence-corrected chi connectivity index (χ1v) is 10.2. The predicted octanol–water partition coefficient (Wildman–Crippen LogP) is 3.23. The van der Waals surface area contributed by atoms with Gasteiger partial charge in [-0.15, -0.1) is 0 Å². The first kappa shape index (κ1) is 21.3. The Morgan fingerprint density at radius 1 is 1.03 bits per heavy atom. The van der Waals surface area contributed by atoms with Crippen molar-refractivity contribution in [3.05, 3.63) is 59.1 Å². The van der Waals surface area contributed by atoms with Crippen molar-refractivity contribution in [1.29, 1.82) is 0 Å². The number of anilines is 2. The van der Waals surface area contributed by atoms with Crippen molar-refractivity contribution >= 4 is 34.8 Å². The molecule has 1 atom stereocenters. The van der Waals surface area contributed by atoms with Gasteiger partial charge in [0.25, 0.3) is 0 Å². The van der Waals surface area contributed by atoms with Crippen molar-refractivity contribution in [2.45, 2.75) is 19.9 Å². The molecule has 1 aliphatic rings. The number of hydrogen-bond donors (Lipinski definition) is 2. The Labute approximate surface area is 176 Å². The number of carbonyl (C=O) groups excluding carboxylic acids is 2. The molecule has 2 N–H and O–H groups in total. The first-order chi connectivity index (χ1) is 13.9. The van der Waals surface area contributed by atoms with E-state index in [9.17, 15) is 9.59 Å². The fraction of sp³-hybridized carbons (Fsp3) is 0.364. The third-order valence-corrected chi connectivity index (χ3v) is 5.45. The molecule has 1 saturated heterocycles. The van der Waals surface area contributed by atoms with Crippen LogP contribution in [-0.2, 0) is 9.59 Å². The molecule has 1 fully saturated rings. The third kappa shape index (κ3) is 6.03. The number of nitrogens with zero attached hydrogens (tertiary/aromatic N) is 2. The van der Waals surface area contributed by atoms with Crippen molar-refractivity contribution < 1.29 is 9.59 Å². The average Bonchev–Trinajstić information content (AvgIpc) is 2.71. The second kappa shape index (κ2) is 9.87. The molecule has 1 heterocycles. The zero-order valence-electron chi connectivity index (χ0n) is 16.8. The minimum absolute atomic E-state index is 0.0214. The lowest BCUT2D eigenvalue weighted by atomic mass is 10.1. The van der Waals surface area contributed by atoms with Gasteiger partial charge in [0.1, 0.15) is 0 Å². The molecule has 29 heavy (non-hydrogen) atoms. The van der Waals surface area contributed by atoms with E-state index in [4.69, 9.17) is 11.6 Å². The number of aryl methyl sites for hydroxylation is 1. The van der Waals surface area contributed by atoms with Gasteiger partial charge in [-0.25, -0.2) is 0 Å². The van der Waals surface area contributed by atoms with Gasteiger partial charge in [-0.1, -0.05) is 35.9 Å². The Kier molecular flexibility index (Phi) is 7.25. The first-order valence-electron chi connectivity index (χ1n) is 9.80. The number of amides is 2. The third-order valence-electron chi connectivity index (χ3n) is 5.22. The molecule has 0 radical (unpaired) electrons. The Hall–Kier alpha value is -2.41. The molecule has 1 aliphatic heterocycles. The summed E-state index contributed by atoms with van der Waals surface area (Å²) in [4.78, 5) is 29.1. The summed E-state index contributed by atoms with van der Waals surface area (Å²) in [5, 5.41) is 6.48. The lowest BCUT2D eigenvalue weighted by Gasteiger charge is -2.37. The maximum absolute atomic E-state index is 12.7. The normalized spacial score (nSPS) is 16.2. The van der Waals surface area contributed by atoms with E-state index in [1.807, 2.05) is 56.3 Å². The fourth-order valence-electron chi connectivity index (χ4n) is 3.37. The zero-order chi connectivity index (χ0) is 20.8. The molecule has 154 valence electrons. The van der Waals surface area contributed by atoms with E-state index in [1.54, 1.807) is 6.07 Å². The molecule has 2 aromatic carbocycles. The number of hydrogen-bond acceptors (Lipinski definition) is 4. The number of benzene rings is 2. The smallest absolute Gasteiger partial charge is 0.241 e. The van der Waals surface area contributed by atoms with E-state index in [0.29, 0.717) is 11.6 Å². The van der Waals surface area contributed by atoms with Gasteiger partial charge in [-0.05, 0) is 43.7 Å². The molecule has 0 saturated carbocycles. The number of piperazine rings is 1. The molecule has 0 aromatic heterocycles. The molecule has 1 unspecified atom stereocenters. The van der Waals surface area contributed by atoms with Crippen LogP contribution in [0.3, 0.4) is 0 Å². The van der Waals surface area contributed by atoms with Crippen LogP contribution in [0.1, 0.15) is 12.5 Å². The minimum atomic E-state index is -0.256. The van der Waals surface area contributed by atoms with Gasteiger partial charge in [0.2, 0.25) is 11.8 Å². The van der Waals surface area contributed by atoms with Gasteiger partial charge < -0.3 is 10.6 Å². The minimum Gasteiger partial charge on any atom is -0.325 e. The van der Waals surface area contributed by atoms with Crippen LogP contribution >= 0.6 is 11.6 Å². The number of rotatable bonds is 6. The summed E-state index contributed by atoms with van der Waals surface area (Å²) in [7, 11) is 0. The summed E-state index contributed by atoms with van der Waals surface area (Å²) in [6.45, 7) is 7.17. The van der Waals surface area contributed by atoms with Crippen molar-refractivity contribution in [3.8, 4) is 0 Å². The highest BCUT2D eigenvalue weighted by molar-refractivity contribution is 6.31. The van der Waals surface area contributed by atoms with E-state index in [1.165, 1.54) is 0 Å². The fourth-order valence-corrected chi connectivity index (χ4v) is 3.54. The van der Waals surface area contributed by atoms with E-state index in [-0.39, 0.29) is 17.9 Å². The molecule has 3 rings (SSSR count). The van der Waals surface area contributed by atoms with E-state index < -0.39 is 0 Å². The van der Waals surface area contributed by atoms with Crippen LogP contribution in [0.15, 0.2) is 48.5 Å². The van der Waals surface area contributed by atoms with Crippen LogP contribution in [0.2, 0.25) is 5.02 Å². The zero-order valence-corrected chi connectivity index (χ0v) is 17.6. The highest BCUT2D eigenvalue weighted by Crippen LogP contribution is 2.21. The van der Waals surface area contributed by atoms with E-state index >= 15 is 0 Å². The van der Waals surface area contributed by atoms with Gasteiger partial charge in [0, 0.05) is 42.6 Å². The lowest BCUT2D eigenvalue weighted by molar-refractivity contribution is -0.122. The van der Waals surface area contributed by atoms with Crippen molar-refractivity contribution in [1.82, 2.24) is 9.80 Å². The van der Waals surface area contributed by atoms with E-state index in [2.05, 4.69) is 20.4 Å². The van der Waals surface area contributed by atoms with Gasteiger partial charge >= 0.3 is 0 Å². The Balaban J connectivity index is 1.46. The van der Waals surface area contributed by atoms with Gasteiger partial charge in [-0.2, -0.15) is 0 Å². The lowest BCUT2D eigenvalue weighted by Crippen LogP contribution is -2.53. The van der Waals surface area contributed by atoms with Crippen LogP contribution in [0.4, 0.5) is 11.4 Å². The van der Waals surface area contributed by atoms with Gasteiger partial charge in [0.05, 0.1) is 12.6 Å². The summed E-state index contributed by atoms with van der Waals surface area (Å²) in [6.07, 6.45) is 0. The summed E-state index contributed by atoms with van der Waals surface area (Å²) in [5.74, 6) is -0.0717. The number of carbonyl (C=O) groups is 2. The van der Waals surface area contributed by atoms with Crippen LogP contribution in [0.5, 0.6) is 0 Å². The topological polar surface area (TPSA) is 64.7 Å². The molecule has 0 aliphatic carbocycles. The highest BCUT2D eigenvalue weighted by Gasteiger charge is 2.26. The largest absolute Gasteiger partial charge is 0.325 e. The summed E-state index contributed by atoms with van der Waals surface area (Å²) >= 11 is 6.04. The Morgan fingerprint density at radius 2 is 1.72 bits per heavy atom. The second-order valence-electron chi connectivity index (χ2n) is 7.35. The Morgan fingerprint density at radius 3 is 2.41 bits per heavy atom. The molecular formula is C22H27ClN4O2. The van der Waals surface area contributed by atoms with Crippen molar-refractivity contribution in [2.24, 2.45) is 0 Å². The van der Waals surface area contributed by atoms with Crippen LogP contribution < -0.4 is 10.6 Å². The number of halogens is 1. The monoisotopic (exact) mass is 414 g/mol. The molecule has 7 heteroatoms. The van der Waals surface area contributed by atoms with E-state index in [0.717, 1.165) is 43.1 Å². The van der Waals surface area contributed by atoms with Crippen LogP contribution in [-0.4, -0.2) is 60.4 Å². The Bertz CT molecular complexity index is 851. The van der Waals surface area contributed by atoms with Crippen LogP contribution in [0, 0.1) is 6.92 Å². The standard InChI is InChI=1S/C22H27ClN4O2/c1-16-8-9-18(23)14-20(16)25-22(29)17(2)27-12-10-26(11-13-27)15-21(28)24-19-6-4-3-5-7-19/h3-9,14,17H,10-13,15H2,1-2H3,(H,24,28)(H,25,29). The average molecular weight is 415 g/mol. The summed E-state index contributed by atoms with van der Waals surface area (Å²) < 4.78 is 0. The molecule has 2 aromatic rings. The van der Waals surface area contributed by atoms with Crippen molar-refractivity contribution in [3.63, 3.8) is 0 Å². The highest BCUT2D eigenvalue weighted by atomic mass is 35.5. The summed E-state index contributed by atoms with van der Waals surface area (Å²) in [6, 6.07) is 14.7. The summed E-state index contributed by atoms with van der Waals surface area (Å²) in [5.41, 5.74) is 2.52. The molecule has 6 nitrogen and oxygen atoms in total. The predicted molar refractivity (Wildman–Crippen MR) is 117 cm³/mol. The van der Waals surface area contributed by atoms with Crippen molar-refractivity contribution in [2.75, 3.05) is 43.4 Å². The maximum atomic E-state index is 12.7. The maximum Gasteiger partial charge on any atom is 0.241 e. The molecular weight excluding hydrogens is 388 g/mol. The SMILES string of the molecule is Cc1ccc(Cl)cc1NC(=O)C(C)N1CCN(CC(=O)Nc2ccccc2)CC1.